The number of aryl methyl sites for hydroxylation is 1. The van der Waals surface area contributed by atoms with Gasteiger partial charge in [-0.2, -0.15) is 0 Å². The van der Waals surface area contributed by atoms with Crippen LogP contribution >= 0.6 is 11.6 Å². The van der Waals surface area contributed by atoms with Gasteiger partial charge in [-0.1, -0.05) is 13.0 Å². The van der Waals surface area contributed by atoms with Crippen LogP contribution in [0.15, 0.2) is 18.2 Å². The van der Waals surface area contributed by atoms with Crippen LogP contribution in [0.5, 0.6) is 0 Å². The first-order valence-electron chi connectivity index (χ1n) is 7.75. The molecular weight excluding hydrogens is 282 g/mol. The maximum absolute atomic E-state index is 6.33. The highest BCUT2D eigenvalue weighted by molar-refractivity contribution is 6.20. The third kappa shape index (κ3) is 3.58. The van der Waals surface area contributed by atoms with Gasteiger partial charge in [0.2, 0.25) is 0 Å². The smallest absolute Gasteiger partial charge is 0.127 e. The van der Waals surface area contributed by atoms with Crippen LogP contribution in [-0.2, 0) is 6.54 Å². The number of nitrogens with zero attached hydrogens (tertiary/aromatic N) is 3. The molecule has 0 radical (unpaired) electrons. The topological polar surface area (TPSA) is 21.1 Å². The van der Waals surface area contributed by atoms with E-state index in [1.165, 1.54) is 17.5 Å². The molecule has 1 aromatic carbocycles. The molecule has 0 aliphatic heterocycles. The van der Waals surface area contributed by atoms with Crippen molar-refractivity contribution >= 4 is 22.6 Å². The van der Waals surface area contributed by atoms with E-state index in [2.05, 4.69) is 55.5 Å². The van der Waals surface area contributed by atoms with Gasteiger partial charge in [0.1, 0.15) is 5.82 Å². The van der Waals surface area contributed by atoms with Crippen LogP contribution in [0, 0.1) is 6.92 Å². The largest absolute Gasteiger partial charge is 0.325 e. The molecule has 0 aliphatic carbocycles. The van der Waals surface area contributed by atoms with Crippen molar-refractivity contribution in [2.45, 2.75) is 52.1 Å². The molecule has 2 unspecified atom stereocenters. The minimum atomic E-state index is -0.0772. The highest BCUT2D eigenvalue weighted by Crippen LogP contribution is 2.25. The molecule has 21 heavy (non-hydrogen) atoms. The fourth-order valence-corrected chi connectivity index (χ4v) is 2.75. The van der Waals surface area contributed by atoms with Gasteiger partial charge in [-0.05, 0) is 51.9 Å². The molecule has 0 saturated carbocycles. The number of alkyl halides is 1. The van der Waals surface area contributed by atoms with Gasteiger partial charge in [0.25, 0.3) is 0 Å². The van der Waals surface area contributed by atoms with Crippen molar-refractivity contribution in [1.29, 1.82) is 0 Å². The van der Waals surface area contributed by atoms with Crippen molar-refractivity contribution < 1.29 is 0 Å². The summed E-state index contributed by atoms with van der Waals surface area (Å²) in [5.74, 6) is 0.967. The zero-order valence-electron chi connectivity index (χ0n) is 13.7. The Hall–Kier alpha value is -1.06. The quantitative estimate of drug-likeness (QED) is 0.739. The molecule has 3 nitrogen and oxygen atoms in total. The maximum Gasteiger partial charge on any atom is 0.127 e. The molecule has 0 aliphatic rings. The van der Waals surface area contributed by atoms with Crippen molar-refractivity contribution in [2.24, 2.45) is 0 Å². The Kier molecular flexibility index (Phi) is 5.28. The Morgan fingerprint density at radius 1 is 1.33 bits per heavy atom. The number of halogens is 1. The monoisotopic (exact) mass is 307 g/mol. The Bertz CT molecular complexity index is 603. The van der Waals surface area contributed by atoms with Crippen molar-refractivity contribution in [3.05, 3.63) is 29.6 Å². The van der Waals surface area contributed by atoms with Gasteiger partial charge in [-0.15, -0.1) is 11.6 Å². The van der Waals surface area contributed by atoms with Crippen LogP contribution in [0.3, 0.4) is 0 Å². The first kappa shape index (κ1) is 16.3. The minimum absolute atomic E-state index is 0.0772. The molecule has 1 heterocycles. The summed E-state index contributed by atoms with van der Waals surface area (Å²) in [6.07, 6.45) is 1.17. The summed E-state index contributed by atoms with van der Waals surface area (Å²) in [5, 5.41) is -0.0772. The molecule has 0 bridgehead atoms. The normalized spacial score (nSPS) is 14.8. The standard InChI is InChI=1S/C17H26ClN3/c1-6-13(3)20(5)9-10-21-16-11-12(2)7-8-15(16)19-17(21)14(4)18/h7-8,11,13-14H,6,9-10H2,1-5H3. The van der Waals surface area contributed by atoms with E-state index in [4.69, 9.17) is 16.6 Å². The van der Waals surface area contributed by atoms with E-state index in [1.54, 1.807) is 0 Å². The number of imidazole rings is 1. The minimum Gasteiger partial charge on any atom is -0.325 e. The van der Waals surface area contributed by atoms with E-state index in [-0.39, 0.29) is 5.38 Å². The zero-order valence-corrected chi connectivity index (χ0v) is 14.5. The molecule has 4 heteroatoms. The highest BCUT2D eigenvalue weighted by Gasteiger charge is 2.16. The zero-order chi connectivity index (χ0) is 15.6. The summed E-state index contributed by atoms with van der Waals surface area (Å²) in [5.41, 5.74) is 3.48. The molecule has 1 aromatic heterocycles. The summed E-state index contributed by atoms with van der Waals surface area (Å²) in [4.78, 5) is 7.10. The Labute approximate surface area is 132 Å². The molecule has 0 saturated heterocycles. The van der Waals surface area contributed by atoms with Gasteiger partial charge < -0.3 is 9.47 Å². The molecule has 0 fully saturated rings. The first-order chi connectivity index (χ1) is 9.93. The average molecular weight is 308 g/mol. The predicted molar refractivity (Wildman–Crippen MR) is 91.1 cm³/mol. The molecular formula is C17H26ClN3. The summed E-state index contributed by atoms with van der Waals surface area (Å²) in [6, 6.07) is 6.99. The van der Waals surface area contributed by atoms with E-state index >= 15 is 0 Å². The van der Waals surface area contributed by atoms with Gasteiger partial charge in [-0.3, -0.25) is 0 Å². The molecule has 2 aromatic rings. The number of benzene rings is 1. The third-order valence-electron chi connectivity index (χ3n) is 4.31. The number of rotatable bonds is 6. The van der Waals surface area contributed by atoms with Gasteiger partial charge in [0.15, 0.2) is 0 Å². The lowest BCUT2D eigenvalue weighted by Crippen LogP contribution is -2.31. The second kappa shape index (κ2) is 6.80. The number of hydrogen-bond donors (Lipinski definition) is 0. The van der Waals surface area contributed by atoms with Crippen molar-refractivity contribution in [1.82, 2.24) is 14.5 Å². The van der Waals surface area contributed by atoms with Crippen molar-refractivity contribution in [2.75, 3.05) is 13.6 Å². The van der Waals surface area contributed by atoms with Crippen LogP contribution in [0.25, 0.3) is 11.0 Å². The van der Waals surface area contributed by atoms with Crippen LogP contribution in [0.4, 0.5) is 0 Å². The van der Waals surface area contributed by atoms with E-state index in [0.29, 0.717) is 6.04 Å². The summed E-state index contributed by atoms with van der Waals surface area (Å²) in [7, 11) is 2.18. The molecule has 2 atom stereocenters. The number of aromatic nitrogens is 2. The van der Waals surface area contributed by atoms with Gasteiger partial charge in [0, 0.05) is 19.1 Å². The molecule has 2 rings (SSSR count). The fourth-order valence-electron chi connectivity index (χ4n) is 2.58. The fraction of sp³-hybridized carbons (Fsp3) is 0.588. The molecule has 0 spiro atoms. The van der Waals surface area contributed by atoms with E-state index < -0.39 is 0 Å². The average Bonchev–Trinajstić information content (AvgIpc) is 2.81. The number of likely N-dealkylation sites (N-methyl/N-ethyl adjacent to an activating group) is 1. The van der Waals surface area contributed by atoms with Crippen LogP contribution in [-0.4, -0.2) is 34.1 Å². The third-order valence-corrected chi connectivity index (χ3v) is 4.50. The lowest BCUT2D eigenvalue weighted by molar-refractivity contribution is 0.242. The Morgan fingerprint density at radius 2 is 2.05 bits per heavy atom. The first-order valence-corrected chi connectivity index (χ1v) is 8.18. The van der Waals surface area contributed by atoms with Crippen LogP contribution in [0.2, 0.25) is 0 Å². The van der Waals surface area contributed by atoms with E-state index in [9.17, 15) is 0 Å². The van der Waals surface area contributed by atoms with Crippen LogP contribution in [0.1, 0.15) is 44.0 Å². The highest BCUT2D eigenvalue weighted by atomic mass is 35.5. The number of fused-ring (bicyclic) bond motifs is 1. The second-order valence-electron chi connectivity index (χ2n) is 5.97. The molecule has 0 N–H and O–H groups in total. The van der Waals surface area contributed by atoms with Gasteiger partial charge >= 0.3 is 0 Å². The lowest BCUT2D eigenvalue weighted by Gasteiger charge is -2.24. The SMILES string of the molecule is CCC(C)N(C)CCn1c(C(C)Cl)nc2ccc(C)cc21. The predicted octanol–water partition coefficient (Wildman–Crippen LogP) is 4.37. The molecule has 116 valence electrons. The lowest BCUT2D eigenvalue weighted by atomic mass is 10.2. The Morgan fingerprint density at radius 3 is 2.67 bits per heavy atom. The van der Waals surface area contributed by atoms with Crippen LogP contribution < -0.4 is 0 Å². The van der Waals surface area contributed by atoms with Crippen molar-refractivity contribution in [3.8, 4) is 0 Å². The van der Waals surface area contributed by atoms with E-state index in [1.807, 2.05) is 6.92 Å². The summed E-state index contributed by atoms with van der Waals surface area (Å²) < 4.78 is 2.28. The van der Waals surface area contributed by atoms with Crippen molar-refractivity contribution in [3.63, 3.8) is 0 Å². The second-order valence-corrected chi connectivity index (χ2v) is 6.62. The van der Waals surface area contributed by atoms with E-state index in [0.717, 1.165) is 24.4 Å². The Balaban J connectivity index is 2.32. The summed E-state index contributed by atoms with van der Waals surface area (Å²) >= 11 is 6.33. The summed E-state index contributed by atoms with van der Waals surface area (Å²) in [6.45, 7) is 10.5. The molecule has 0 amide bonds. The van der Waals surface area contributed by atoms with Gasteiger partial charge in [0.05, 0.1) is 16.4 Å². The number of hydrogen-bond acceptors (Lipinski definition) is 2. The van der Waals surface area contributed by atoms with Gasteiger partial charge in [-0.25, -0.2) is 4.98 Å². The maximum atomic E-state index is 6.33.